The van der Waals surface area contributed by atoms with Crippen molar-refractivity contribution >= 4 is 17.4 Å². The van der Waals surface area contributed by atoms with Crippen molar-refractivity contribution < 1.29 is 9.47 Å². The molecule has 1 N–H and O–H groups in total. The van der Waals surface area contributed by atoms with Gasteiger partial charge in [0.2, 0.25) is 0 Å². The van der Waals surface area contributed by atoms with Gasteiger partial charge in [0.1, 0.15) is 13.2 Å². The summed E-state index contributed by atoms with van der Waals surface area (Å²) in [6.07, 6.45) is 0. The van der Waals surface area contributed by atoms with E-state index in [0.717, 1.165) is 29.5 Å². The van der Waals surface area contributed by atoms with Crippen LogP contribution in [0.5, 0.6) is 11.5 Å². The van der Waals surface area contributed by atoms with Gasteiger partial charge < -0.3 is 14.8 Å². The molecular weight excluding hydrogens is 222 g/mol. The van der Waals surface area contributed by atoms with Crippen LogP contribution in [-0.4, -0.2) is 31.3 Å². The highest BCUT2D eigenvalue weighted by Crippen LogP contribution is 2.32. The molecule has 1 heterocycles. The molecule has 88 valence electrons. The normalized spacial score (nSPS) is 13.6. The first-order chi connectivity index (χ1) is 7.90. The molecule has 3 nitrogen and oxygen atoms in total. The molecule has 1 aromatic carbocycles. The fourth-order valence-corrected chi connectivity index (χ4v) is 2.10. The van der Waals surface area contributed by atoms with Crippen molar-refractivity contribution in [2.45, 2.75) is 6.92 Å². The smallest absolute Gasteiger partial charge is 0.163 e. The summed E-state index contributed by atoms with van der Waals surface area (Å²) in [4.78, 5) is 0. The average Bonchev–Trinajstić information content (AvgIpc) is 2.34. The fourth-order valence-electron chi connectivity index (χ4n) is 1.57. The maximum Gasteiger partial charge on any atom is 0.163 e. The van der Waals surface area contributed by atoms with E-state index in [1.54, 1.807) is 0 Å². The summed E-state index contributed by atoms with van der Waals surface area (Å²) in [7, 11) is 0. The van der Waals surface area contributed by atoms with Crippen LogP contribution >= 0.6 is 11.8 Å². The van der Waals surface area contributed by atoms with Crippen LogP contribution in [0.1, 0.15) is 6.92 Å². The predicted molar refractivity (Wildman–Crippen MR) is 68.9 cm³/mol. The standard InChI is InChI=1S/C12H17NO2S/c1-2-16-8-5-13-10-3-4-11-12(9-10)15-7-6-14-11/h3-4,9,13H,2,5-8H2,1H3. The van der Waals surface area contributed by atoms with Crippen molar-refractivity contribution in [3.05, 3.63) is 18.2 Å². The Bertz CT molecular complexity index is 344. The Morgan fingerprint density at radius 2 is 2.06 bits per heavy atom. The van der Waals surface area contributed by atoms with E-state index in [-0.39, 0.29) is 0 Å². The zero-order valence-corrected chi connectivity index (χ0v) is 10.3. The Morgan fingerprint density at radius 3 is 2.88 bits per heavy atom. The molecule has 0 saturated heterocycles. The number of fused-ring (bicyclic) bond motifs is 1. The summed E-state index contributed by atoms with van der Waals surface area (Å²) < 4.78 is 11.0. The maximum atomic E-state index is 5.52. The molecule has 2 rings (SSSR count). The molecule has 0 radical (unpaired) electrons. The first-order valence-electron chi connectivity index (χ1n) is 5.61. The number of thioether (sulfide) groups is 1. The number of anilines is 1. The van der Waals surface area contributed by atoms with Gasteiger partial charge in [-0.05, 0) is 17.9 Å². The summed E-state index contributed by atoms with van der Waals surface area (Å²) in [5, 5.41) is 3.37. The summed E-state index contributed by atoms with van der Waals surface area (Å²) in [6, 6.07) is 6.00. The third-order valence-electron chi connectivity index (χ3n) is 2.32. The van der Waals surface area contributed by atoms with E-state index < -0.39 is 0 Å². The van der Waals surface area contributed by atoms with Crippen molar-refractivity contribution in [3.63, 3.8) is 0 Å². The van der Waals surface area contributed by atoms with Gasteiger partial charge in [-0.25, -0.2) is 0 Å². The molecule has 0 fully saturated rings. The molecule has 1 aliphatic heterocycles. The molecule has 0 saturated carbocycles. The largest absolute Gasteiger partial charge is 0.486 e. The number of hydrogen-bond acceptors (Lipinski definition) is 4. The second-order valence-electron chi connectivity index (χ2n) is 3.48. The zero-order chi connectivity index (χ0) is 11.2. The maximum absolute atomic E-state index is 5.52. The van der Waals surface area contributed by atoms with Crippen molar-refractivity contribution in [1.29, 1.82) is 0 Å². The highest BCUT2D eigenvalue weighted by Gasteiger charge is 2.11. The first kappa shape index (κ1) is 11.5. The van der Waals surface area contributed by atoms with E-state index in [4.69, 9.17) is 9.47 Å². The second-order valence-corrected chi connectivity index (χ2v) is 4.88. The first-order valence-corrected chi connectivity index (χ1v) is 6.77. The fraction of sp³-hybridized carbons (Fsp3) is 0.500. The number of hydrogen-bond donors (Lipinski definition) is 1. The van der Waals surface area contributed by atoms with E-state index in [2.05, 4.69) is 12.2 Å². The van der Waals surface area contributed by atoms with E-state index in [0.29, 0.717) is 13.2 Å². The van der Waals surface area contributed by atoms with Crippen LogP contribution in [0.2, 0.25) is 0 Å². The number of rotatable bonds is 5. The molecule has 0 aromatic heterocycles. The lowest BCUT2D eigenvalue weighted by molar-refractivity contribution is 0.171. The van der Waals surface area contributed by atoms with Crippen LogP contribution in [0.15, 0.2) is 18.2 Å². The van der Waals surface area contributed by atoms with Crippen LogP contribution in [0, 0.1) is 0 Å². The minimum atomic E-state index is 0.641. The highest BCUT2D eigenvalue weighted by molar-refractivity contribution is 7.99. The predicted octanol–water partition coefficient (Wildman–Crippen LogP) is 2.62. The Morgan fingerprint density at radius 1 is 1.25 bits per heavy atom. The second kappa shape index (κ2) is 5.89. The monoisotopic (exact) mass is 239 g/mol. The van der Waals surface area contributed by atoms with E-state index in [1.807, 2.05) is 30.0 Å². The van der Waals surface area contributed by atoms with Crippen molar-refractivity contribution in [2.75, 3.05) is 36.6 Å². The highest BCUT2D eigenvalue weighted by atomic mass is 32.2. The zero-order valence-electron chi connectivity index (χ0n) is 9.49. The van der Waals surface area contributed by atoms with E-state index in [9.17, 15) is 0 Å². The molecule has 0 spiro atoms. The summed E-state index contributed by atoms with van der Waals surface area (Å²) >= 11 is 1.94. The molecule has 0 bridgehead atoms. The number of benzene rings is 1. The van der Waals surface area contributed by atoms with Gasteiger partial charge >= 0.3 is 0 Å². The van der Waals surface area contributed by atoms with Gasteiger partial charge in [-0.1, -0.05) is 6.92 Å². The minimum absolute atomic E-state index is 0.641. The van der Waals surface area contributed by atoms with Crippen LogP contribution in [0.3, 0.4) is 0 Å². The Kier molecular flexibility index (Phi) is 4.22. The van der Waals surface area contributed by atoms with Crippen molar-refractivity contribution in [3.8, 4) is 11.5 Å². The summed E-state index contributed by atoms with van der Waals surface area (Å²) in [6.45, 7) is 4.45. The van der Waals surface area contributed by atoms with Gasteiger partial charge in [0.05, 0.1) is 0 Å². The lowest BCUT2D eigenvalue weighted by Crippen LogP contribution is -2.15. The van der Waals surface area contributed by atoms with Gasteiger partial charge in [-0.15, -0.1) is 0 Å². The molecule has 16 heavy (non-hydrogen) atoms. The SMILES string of the molecule is CCSCCNc1ccc2c(c1)OCCO2. The average molecular weight is 239 g/mol. The Hall–Kier alpha value is -1.03. The molecule has 0 atom stereocenters. The summed E-state index contributed by atoms with van der Waals surface area (Å²) in [5.41, 5.74) is 1.10. The lowest BCUT2D eigenvalue weighted by Gasteiger charge is -2.19. The summed E-state index contributed by atoms with van der Waals surface area (Å²) in [5.74, 6) is 3.99. The quantitative estimate of drug-likeness (QED) is 0.800. The van der Waals surface area contributed by atoms with E-state index >= 15 is 0 Å². The van der Waals surface area contributed by atoms with Gasteiger partial charge in [0.25, 0.3) is 0 Å². The van der Waals surface area contributed by atoms with Crippen LogP contribution in [-0.2, 0) is 0 Å². The lowest BCUT2D eigenvalue weighted by atomic mass is 10.2. The molecule has 0 unspecified atom stereocenters. The number of nitrogens with one attached hydrogen (secondary N) is 1. The van der Waals surface area contributed by atoms with Gasteiger partial charge in [0.15, 0.2) is 11.5 Å². The van der Waals surface area contributed by atoms with Crippen LogP contribution in [0.4, 0.5) is 5.69 Å². The molecule has 1 aromatic rings. The van der Waals surface area contributed by atoms with Gasteiger partial charge in [-0.3, -0.25) is 0 Å². The number of ether oxygens (including phenoxy) is 2. The molecule has 4 heteroatoms. The Balaban J connectivity index is 1.90. The Labute approximate surface area is 101 Å². The van der Waals surface area contributed by atoms with Crippen molar-refractivity contribution in [1.82, 2.24) is 0 Å². The molecule has 0 amide bonds. The molecule has 1 aliphatic rings. The minimum Gasteiger partial charge on any atom is -0.486 e. The van der Waals surface area contributed by atoms with Crippen LogP contribution < -0.4 is 14.8 Å². The third-order valence-corrected chi connectivity index (χ3v) is 3.22. The molecular formula is C12H17NO2S. The molecule has 0 aliphatic carbocycles. The van der Waals surface area contributed by atoms with Crippen molar-refractivity contribution in [2.24, 2.45) is 0 Å². The third kappa shape index (κ3) is 2.98. The van der Waals surface area contributed by atoms with E-state index in [1.165, 1.54) is 5.75 Å². The topological polar surface area (TPSA) is 30.5 Å². The van der Waals surface area contributed by atoms with Crippen LogP contribution in [0.25, 0.3) is 0 Å². The van der Waals surface area contributed by atoms with Gasteiger partial charge in [0, 0.05) is 24.1 Å². The van der Waals surface area contributed by atoms with Gasteiger partial charge in [-0.2, -0.15) is 11.8 Å².